The normalized spacial score (nSPS) is 13.7. The zero-order valence-electron chi connectivity index (χ0n) is 8.19. The Bertz CT molecular complexity index is 272. The van der Waals surface area contributed by atoms with E-state index < -0.39 is 0 Å². The molecule has 0 aliphatic carbocycles. The van der Waals surface area contributed by atoms with E-state index in [-0.39, 0.29) is 0 Å². The lowest BCUT2D eigenvalue weighted by Crippen LogP contribution is -2.08. The van der Waals surface area contributed by atoms with Crippen LogP contribution in [0.25, 0.3) is 0 Å². The summed E-state index contributed by atoms with van der Waals surface area (Å²) in [7, 11) is 0. The first kappa shape index (κ1) is 12.0. The highest BCUT2D eigenvalue weighted by atomic mass is 14.7. The number of allylic oxidation sites excluding steroid dienone is 8. The highest BCUT2D eigenvalue weighted by Crippen LogP contribution is 1.96. The molecular weight excluding hydrogens is 172 g/mol. The van der Waals surface area contributed by atoms with Gasteiger partial charge in [0.15, 0.2) is 0 Å². The zero-order valence-corrected chi connectivity index (χ0v) is 8.19. The zero-order chi connectivity index (χ0) is 10.8. The van der Waals surface area contributed by atoms with Crippen LogP contribution in [0, 0.1) is 0 Å². The summed E-state index contributed by atoms with van der Waals surface area (Å²) in [6.07, 6.45) is 13.9. The third-order valence-corrected chi connectivity index (χ3v) is 1.38. The molecule has 0 radical (unpaired) electrons. The van der Waals surface area contributed by atoms with Gasteiger partial charge in [-0.05, 0) is 12.2 Å². The van der Waals surface area contributed by atoms with E-state index in [2.05, 4.69) is 13.2 Å². The molecule has 0 saturated heterocycles. The Morgan fingerprint density at radius 2 is 1.07 bits per heavy atom. The maximum atomic E-state index is 5.66. The predicted octanol–water partition coefficient (Wildman–Crippen LogP) is 2.16. The van der Waals surface area contributed by atoms with Gasteiger partial charge in [0.1, 0.15) is 0 Å². The van der Waals surface area contributed by atoms with Gasteiger partial charge in [-0.15, -0.1) is 0 Å². The fourth-order valence-electron chi connectivity index (χ4n) is 0.668. The van der Waals surface area contributed by atoms with Crippen molar-refractivity contribution in [2.45, 2.75) is 0 Å². The van der Waals surface area contributed by atoms with Crippen LogP contribution in [0.4, 0.5) is 0 Å². The molecule has 0 rings (SSSR count). The van der Waals surface area contributed by atoms with Crippen LogP contribution >= 0.6 is 0 Å². The maximum Gasteiger partial charge on any atom is 0.0547 e. The largest absolute Gasteiger partial charge is 0.397 e. The molecule has 74 valence electrons. The van der Waals surface area contributed by atoms with E-state index in [9.17, 15) is 0 Å². The number of nitrogens with two attached hydrogens (primary N) is 2. The monoisotopic (exact) mass is 188 g/mol. The van der Waals surface area contributed by atoms with Crippen molar-refractivity contribution in [3.05, 3.63) is 73.2 Å². The lowest BCUT2D eigenvalue weighted by molar-refractivity contribution is 1.25. The van der Waals surface area contributed by atoms with Crippen LogP contribution < -0.4 is 11.5 Å². The van der Waals surface area contributed by atoms with Gasteiger partial charge >= 0.3 is 0 Å². The fourth-order valence-corrected chi connectivity index (χ4v) is 0.668. The first-order valence-corrected chi connectivity index (χ1v) is 4.22. The second-order valence-corrected chi connectivity index (χ2v) is 2.49. The number of hydrogen-bond donors (Lipinski definition) is 2. The Balaban J connectivity index is 4.43. The van der Waals surface area contributed by atoms with Crippen molar-refractivity contribution in [3.8, 4) is 0 Å². The van der Waals surface area contributed by atoms with Gasteiger partial charge in [-0.1, -0.05) is 49.6 Å². The first-order valence-electron chi connectivity index (χ1n) is 4.22. The average molecular weight is 188 g/mol. The highest BCUT2D eigenvalue weighted by Gasteiger charge is 1.89. The van der Waals surface area contributed by atoms with Crippen molar-refractivity contribution in [1.29, 1.82) is 0 Å². The predicted molar refractivity (Wildman–Crippen MR) is 63.2 cm³/mol. The summed E-state index contributed by atoms with van der Waals surface area (Å²) in [4.78, 5) is 0. The van der Waals surface area contributed by atoms with Crippen molar-refractivity contribution in [2.24, 2.45) is 11.5 Å². The molecule has 0 bridgehead atoms. The molecule has 4 N–H and O–H groups in total. The van der Waals surface area contributed by atoms with Crippen molar-refractivity contribution >= 4 is 0 Å². The Hall–Kier alpha value is -1.96. The number of rotatable bonds is 5. The molecule has 0 heterocycles. The summed E-state index contributed by atoms with van der Waals surface area (Å²) in [5.74, 6) is 0. The summed E-state index contributed by atoms with van der Waals surface area (Å²) in [5.41, 5.74) is 12.4. The molecular formula is C12H16N2. The molecule has 0 atom stereocenters. The van der Waals surface area contributed by atoms with Crippen LogP contribution in [0.3, 0.4) is 0 Å². The molecule has 0 aliphatic rings. The van der Waals surface area contributed by atoms with Gasteiger partial charge in [-0.2, -0.15) is 0 Å². The molecule has 0 fully saturated rings. The van der Waals surface area contributed by atoms with Crippen molar-refractivity contribution in [2.75, 3.05) is 0 Å². The van der Waals surface area contributed by atoms with Gasteiger partial charge in [0, 0.05) is 0 Å². The molecule has 0 unspecified atom stereocenters. The Morgan fingerprint density at radius 3 is 1.36 bits per heavy atom. The average Bonchev–Trinajstić information content (AvgIpc) is 2.18. The molecule has 0 saturated carbocycles. The molecule has 0 aromatic rings. The lowest BCUT2D eigenvalue weighted by atomic mass is 10.2. The summed E-state index contributed by atoms with van der Waals surface area (Å²) in [6.45, 7) is 7.08. The Kier molecular flexibility index (Phi) is 6.60. The van der Waals surface area contributed by atoms with Crippen LogP contribution in [-0.4, -0.2) is 0 Å². The number of hydrogen-bond acceptors (Lipinski definition) is 2. The molecule has 0 amide bonds. The summed E-state index contributed by atoms with van der Waals surface area (Å²) < 4.78 is 0. The summed E-state index contributed by atoms with van der Waals surface area (Å²) >= 11 is 0. The van der Waals surface area contributed by atoms with Gasteiger partial charge in [0.2, 0.25) is 0 Å². The molecule has 14 heavy (non-hydrogen) atoms. The second kappa shape index (κ2) is 7.68. The lowest BCUT2D eigenvalue weighted by Gasteiger charge is -1.97. The van der Waals surface area contributed by atoms with E-state index in [1.165, 1.54) is 0 Å². The molecule has 0 aromatic heterocycles. The molecule has 2 heteroatoms. The third-order valence-electron chi connectivity index (χ3n) is 1.38. The molecule has 0 spiro atoms. The SMILES string of the molecule is C=C\C=C/C=C(N)/C(N)=C/C=C\C=C. The highest BCUT2D eigenvalue weighted by molar-refractivity contribution is 5.32. The van der Waals surface area contributed by atoms with Crippen molar-refractivity contribution in [1.82, 2.24) is 0 Å². The maximum absolute atomic E-state index is 5.66. The minimum atomic E-state index is 0.525. The third kappa shape index (κ3) is 5.66. The minimum Gasteiger partial charge on any atom is -0.397 e. The van der Waals surface area contributed by atoms with Gasteiger partial charge in [-0.25, -0.2) is 0 Å². The van der Waals surface area contributed by atoms with Gasteiger partial charge in [0.25, 0.3) is 0 Å². The second-order valence-electron chi connectivity index (χ2n) is 2.49. The van der Waals surface area contributed by atoms with Crippen molar-refractivity contribution < 1.29 is 0 Å². The van der Waals surface area contributed by atoms with Crippen LogP contribution in [0.5, 0.6) is 0 Å². The van der Waals surface area contributed by atoms with E-state index in [1.807, 2.05) is 0 Å². The summed E-state index contributed by atoms with van der Waals surface area (Å²) in [6, 6.07) is 0. The van der Waals surface area contributed by atoms with E-state index in [1.54, 1.807) is 48.6 Å². The van der Waals surface area contributed by atoms with Gasteiger partial charge in [-0.3, -0.25) is 0 Å². The smallest absolute Gasteiger partial charge is 0.0547 e. The quantitative estimate of drug-likeness (QED) is 0.649. The minimum absolute atomic E-state index is 0.525. The van der Waals surface area contributed by atoms with E-state index in [0.29, 0.717) is 11.4 Å². The topological polar surface area (TPSA) is 52.0 Å². The summed E-state index contributed by atoms with van der Waals surface area (Å²) in [5, 5.41) is 0. The van der Waals surface area contributed by atoms with E-state index in [4.69, 9.17) is 11.5 Å². The molecule has 0 aromatic carbocycles. The van der Waals surface area contributed by atoms with Crippen LogP contribution in [0.2, 0.25) is 0 Å². The molecule has 0 aliphatic heterocycles. The van der Waals surface area contributed by atoms with E-state index >= 15 is 0 Å². The Morgan fingerprint density at radius 1 is 0.714 bits per heavy atom. The van der Waals surface area contributed by atoms with Crippen LogP contribution in [0.1, 0.15) is 0 Å². The van der Waals surface area contributed by atoms with E-state index in [0.717, 1.165) is 0 Å². The van der Waals surface area contributed by atoms with Gasteiger partial charge < -0.3 is 11.5 Å². The van der Waals surface area contributed by atoms with Crippen LogP contribution in [0.15, 0.2) is 73.2 Å². The van der Waals surface area contributed by atoms with Crippen molar-refractivity contribution in [3.63, 3.8) is 0 Å². The standard InChI is InChI=1S/C12H16N2/c1-3-5-7-9-11(13)12(14)10-8-6-4-2/h3-10H,1-2,13-14H2/b7-5-,8-6-,11-9-,12-10-. The Labute approximate surface area is 85.3 Å². The first-order chi connectivity index (χ1) is 6.72. The van der Waals surface area contributed by atoms with Gasteiger partial charge in [0.05, 0.1) is 11.4 Å². The fraction of sp³-hybridized carbons (Fsp3) is 0. The molecule has 2 nitrogen and oxygen atoms in total. The van der Waals surface area contributed by atoms with Crippen LogP contribution in [-0.2, 0) is 0 Å².